The van der Waals surface area contributed by atoms with Gasteiger partial charge in [0.15, 0.2) is 5.03 Å². The molecule has 10 heteroatoms. The number of amides is 1. The van der Waals surface area contributed by atoms with Gasteiger partial charge in [0.25, 0.3) is 15.9 Å². The Morgan fingerprint density at radius 2 is 1.92 bits per heavy atom. The van der Waals surface area contributed by atoms with E-state index in [-0.39, 0.29) is 21.9 Å². The van der Waals surface area contributed by atoms with Crippen LogP contribution < -0.4 is 20.1 Å². The predicted octanol–water partition coefficient (Wildman–Crippen LogP) is 4.89. The average molecular weight is 552 g/mol. The Bertz CT molecular complexity index is 1460. The van der Waals surface area contributed by atoms with E-state index in [0.717, 1.165) is 18.4 Å². The van der Waals surface area contributed by atoms with Crippen LogP contribution in [0, 0.1) is 11.8 Å². The van der Waals surface area contributed by atoms with Crippen molar-refractivity contribution in [3.63, 3.8) is 0 Å². The zero-order valence-corrected chi connectivity index (χ0v) is 24.0. The van der Waals surface area contributed by atoms with Gasteiger partial charge in [-0.2, -0.15) is 8.42 Å². The second-order valence-corrected chi connectivity index (χ2v) is 12.6. The summed E-state index contributed by atoms with van der Waals surface area (Å²) in [6.45, 7) is 12.0. The van der Waals surface area contributed by atoms with Gasteiger partial charge in [0.1, 0.15) is 17.4 Å². The van der Waals surface area contributed by atoms with Crippen LogP contribution in [-0.4, -0.2) is 43.0 Å². The maximum absolute atomic E-state index is 13.6. The number of nitrogens with one attached hydrogen (secondary N) is 1. The summed E-state index contributed by atoms with van der Waals surface area (Å²) in [7, 11) is -4.27. The van der Waals surface area contributed by atoms with Crippen molar-refractivity contribution in [2.75, 3.05) is 23.8 Å². The highest BCUT2D eigenvalue weighted by Gasteiger charge is 2.41. The van der Waals surface area contributed by atoms with E-state index in [4.69, 9.17) is 15.5 Å². The summed E-state index contributed by atoms with van der Waals surface area (Å²) in [6.07, 6.45) is 3.58. The van der Waals surface area contributed by atoms with Crippen LogP contribution >= 0.6 is 0 Å². The number of rotatable bonds is 9. The second kappa shape index (κ2) is 11.2. The lowest BCUT2D eigenvalue weighted by Gasteiger charge is -2.36. The van der Waals surface area contributed by atoms with Crippen molar-refractivity contribution in [2.45, 2.75) is 58.0 Å². The molecule has 1 aliphatic rings. The van der Waals surface area contributed by atoms with Gasteiger partial charge in [-0.1, -0.05) is 39.0 Å². The van der Waals surface area contributed by atoms with Gasteiger partial charge in [-0.15, -0.1) is 0 Å². The molecule has 1 atom stereocenters. The first kappa shape index (κ1) is 28.4. The number of hydrogen-bond donors (Lipinski definition) is 2. The molecule has 2 aromatic heterocycles. The maximum Gasteiger partial charge on any atom is 0.281 e. The third kappa shape index (κ3) is 6.33. The Kier molecular flexibility index (Phi) is 8.15. The highest BCUT2D eigenvalue weighted by atomic mass is 32.2. The van der Waals surface area contributed by atoms with Gasteiger partial charge in [0, 0.05) is 23.8 Å². The Labute approximate surface area is 230 Å². The number of anilines is 2. The lowest BCUT2D eigenvalue weighted by molar-refractivity contribution is 0.0981. The van der Waals surface area contributed by atoms with E-state index in [9.17, 15) is 13.2 Å². The molecule has 0 radical (unpaired) electrons. The van der Waals surface area contributed by atoms with Gasteiger partial charge in [0.2, 0.25) is 0 Å². The second-order valence-electron chi connectivity index (χ2n) is 11.0. The van der Waals surface area contributed by atoms with Crippen molar-refractivity contribution < 1.29 is 17.9 Å². The smallest absolute Gasteiger partial charge is 0.281 e. The van der Waals surface area contributed by atoms with E-state index < -0.39 is 15.9 Å². The van der Waals surface area contributed by atoms with Crippen LogP contribution in [0.4, 0.5) is 11.6 Å². The van der Waals surface area contributed by atoms with Gasteiger partial charge >= 0.3 is 0 Å². The topological polar surface area (TPSA) is 128 Å². The van der Waals surface area contributed by atoms with Gasteiger partial charge < -0.3 is 15.4 Å². The number of hydrogen-bond acceptors (Lipinski definition) is 8. The molecule has 3 heterocycles. The average Bonchev–Trinajstić information content (AvgIpc) is 3.15. The fourth-order valence-electron chi connectivity index (χ4n) is 4.59. The van der Waals surface area contributed by atoms with Crippen LogP contribution in [0.1, 0.15) is 57.8 Å². The highest BCUT2D eigenvalue weighted by molar-refractivity contribution is 7.90. The van der Waals surface area contributed by atoms with Crippen molar-refractivity contribution in [3.8, 4) is 16.9 Å². The van der Waals surface area contributed by atoms with E-state index in [1.165, 1.54) is 18.2 Å². The molecule has 1 amide bonds. The van der Waals surface area contributed by atoms with Crippen molar-refractivity contribution in [1.29, 1.82) is 0 Å². The molecule has 3 N–H and O–H groups in total. The SMILES string of the molecule is CC(C)CCOc1cccc(-c2cnc(N3CCC(C)C3(C)C)c(C(=O)NS(=O)(=O)c3cccc(N)n3)c2)c1. The highest BCUT2D eigenvalue weighted by Crippen LogP contribution is 2.39. The summed E-state index contributed by atoms with van der Waals surface area (Å²) < 4.78 is 34.1. The van der Waals surface area contributed by atoms with E-state index in [2.05, 4.69) is 49.2 Å². The maximum atomic E-state index is 13.6. The Hall–Kier alpha value is -3.66. The number of pyridine rings is 2. The van der Waals surface area contributed by atoms with Crippen molar-refractivity contribution >= 4 is 27.6 Å². The fourth-order valence-corrected chi connectivity index (χ4v) is 5.54. The molecular weight excluding hydrogens is 514 g/mol. The normalized spacial score (nSPS) is 16.9. The van der Waals surface area contributed by atoms with Gasteiger partial charge in [-0.3, -0.25) is 4.79 Å². The molecule has 4 rings (SSSR count). The number of aromatic nitrogens is 2. The number of nitrogens with zero attached hydrogens (tertiary/aromatic N) is 3. The number of carbonyl (C=O) groups excluding carboxylic acids is 1. The van der Waals surface area contributed by atoms with Crippen molar-refractivity contribution in [1.82, 2.24) is 14.7 Å². The summed E-state index contributed by atoms with van der Waals surface area (Å²) in [5.74, 6) is 1.29. The lowest BCUT2D eigenvalue weighted by atomic mass is 9.90. The molecule has 9 nitrogen and oxygen atoms in total. The number of carbonyl (C=O) groups is 1. The summed E-state index contributed by atoms with van der Waals surface area (Å²) in [6, 6.07) is 13.5. The number of nitrogen functional groups attached to an aromatic ring is 1. The minimum Gasteiger partial charge on any atom is -0.494 e. The first-order valence-electron chi connectivity index (χ1n) is 13.2. The molecule has 0 spiro atoms. The zero-order chi connectivity index (χ0) is 28.4. The molecule has 0 saturated carbocycles. The quantitative estimate of drug-likeness (QED) is 0.385. The van der Waals surface area contributed by atoms with Crippen LogP contribution in [0.2, 0.25) is 0 Å². The molecule has 1 saturated heterocycles. The minimum atomic E-state index is -4.27. The summed E-state index contributed by atoms with van der Waals surface area (Å²) in [5, 5.41) is -0.331. The zero-order valence-electron chi connectivity index (χ0n) is 23.1. The molecule has 1 fully saturated rings. The lowest BCUT2D eigenvalue weighted by Crippen LogP contribution is -2.43. The largest absolute Gasteiger partial charge is 0.494 e. The van der Waals surface area contributed by atoms with Crippen molar-refractivity contribution in [2.24, 2.45) is 11.8 Å². The number of nitrogens with two attached hydrogens (primary N) is 1. The Morgan fingerprint density at radius 1 is 1.18 bits per heavy atom. The molecule has 1 aromatic carbocycles. The first-order valence-corrected chi connectivity index (χ1v) is 14.7. The van der Waals surface area contributed by atoms with Crippen LogP contribution in [-0.2, 0) is 10.0 Å². The third-order valence-corrected chi connectivity index (χ3v) is 8.67. The molecule has 1 unspecified atom stereocenters. The molecule has 3 aromatic rings. The van der Waals surface area contributed by atoms with Crippen molar-refractivity contribution in [3.05, 3.63) is 60.3 Å². The van der Waals surface area contributed by atoms with Gasteiger partial charge in [0.05, 0.1) is 12.2 Å². The molecule has 1 aliphatic heterocycles. The number of benzene rings is 1. The molecule has 0 aliphatic carbocycles. The van der Waals surface area contributed by atoms with Crippen LogP contribution in [0.5, 0.6) is 5.75 Å². The fraction of sp³-hybridized carbons (Fsp3) is 0.414. The monoisotopic (exact) mass is 551 g/mol. The van der Waals surface area contributed by atoms with Crippen LogP contribution in [0.25, 0.3) is 11.1 Å². The van der Waals surface area contributed by atoms with Gasteiger partial charge in [-0.25, -0.2) is 14.7 Å². The van der Waals surface area contributed by atoms with E-state index >= 15 is 0 Å². The molecule has 208 valence electrons. The molecule has 0 bridgehead atoms. The third-order valence-electron chi connectivity index (χ3n) is 7.43. The van der Waals surface area contributed by atoms with Crippen LogP contribution in [0.15, 0.2) is 59.8 Å². The number of sulfonamides is 1. The first-order chi connectivity index (χ1) is 18.4. The van der Waals surface area contributed by atoms with E-state index in [1.807, 2.05) is 24.3 Å². The number of ether oxygens (including phenoxy) is 1. The predicted molar refractivity (Wildman–Crippen MR) is 153 cm³/mol. The van der Waals surface area contributed by atoms with E-state index in [0.29, 0.717) is 42.1 Å². The standard InChI is InChI=1S/C29H37N5O4S/c1-19(2)13-15-38-23-9-6-8-21(16-23)22-17-24(27(31-18-22)34-14-12-20(3)29(34,4)5)28(35)33-39(36,37)26-11-7-10-25(30)32-26/h6-11,16-20H,12-15H2,1-5H3,(H2,30,32)(H,33,35). The molecular formula is C29H37N5O4S. The summed E-state index contributed by atoms with van der Waals surface area (Å²) >= 11 is 0. The van der Waals surface area contributed by atoms with Crippen LogP contribution in [0.3, 0.4) is 0 Å². The Balaban J connectivity index is 1.72. The minimum absolute atomic E-state index is 0.0398. The summed E-state index contributed by atoms with van der Waals surface area (Å²) in [4.78, 5) is 24.3. The van der Waals surface area contributed by atoms with Gasteiger partial charge in [-0.05, 0) is 74.4 Å². The molecule has 39 heavy (non-hydrogen) atoms. The summed E-state index contributed by atoms with van der Waals surface area (Å²) in [5.41, 5.74) is 7.03. The van der Waals surface area contributed by atoms with E-state index in [1.54, 1.807) is 12.3 Å². The Morgan fingerprint density at radius 3 is 2.59 bits per heavy atom.